The fraction of sp³-hybridized carbons (Fsp3) is 0.467. The van der Waals surface area contributed by atoms with Gasteiger partial charge >= 0.3 is 12.1 Å². The molecule has 132 valence electrons. The van der Waals surface area contributed by atoms with Crippen molar-refractivity contribution in [3.8, 4) is 0 Å². The van der Waals surface area contributed by atoms with E-state index < -0.39 is 42.4 Å². The van der Waals surface area contributed by atoms with Gasteiger partial charge in [0.2, 0.25) is 5.91 Å². The normalized spacial score (nSPS) is 21.5. The van der Waals surface area contributed by atoms with E-state index in [1.54, 1.807) is 0 Å². The molecule has 2 atom stereocenters. The zero-order chi connectivity index (χ0) is 17.9. The largest absolute Gasteiger partial charge is 0.471 e. The number of likely N-dealkylation sites (tertiary alicyclic amines) is 1. The zero-order valence-corrected chi connectivity index (χ0v) is 12.5. The maximum Gasteiger partial charge on any atom is 0.471 e. The average molecular weight is 348 g/mol. The summed E-state index contributed by atoms with van der Waals surface area (Å²) in [5.74, 6) is -3.71. The summed E-state index contributed by atoms with van der Waals surface area (Å²) in [5, 5.41) is 10.8. The molecule has 1 aliphatic heterocycles. The van der Waals surface area contributed by atoms with Gasteiger partial charge in [0.05, 0.1) is 6.04 Å². The Labute approximate surface area is 135 Å². The van der Waals surface area contributed by atoms with Crippen molar-refractivity contribution < 1.29 is 32.3 Å². The lowest BCUT2D eigenvalue weighted by atomic mass is 9.85. The maximum atomic E-state index is 13.0. The number of amides is 2. The van der Waals surface area contributed by atoms with E-state index in [1.807, 2.05) is 5.32 Å². The highest BCUT2D eigenvalue weighted by Crippen LogP contribution is 2.29. The molecule has 0 bridgehead atoms. The number of nitrogens with one attached hydrogen (secondary N) is 1. The Morgan fingerprint density at radius 3 is 2.42 bits per heavy atom. The first-order valence-electron chi connectivity index (χ1n) is 7.24. The number of aliphatic hydroxyl groups excluding tert-OH is 1. The molecular weight excluding hydrogens is 332 g/mol. The topological polar surface area (TPSA) is 69.6 Å². The fourth-order valence-electron chi connectivity index (χ4n) is 2.78. The predicted octanol–water partition coefficient (Wildman–Crippen LogP) is 1.18. The van der Waals surface area contributed by atoms with Crippen LogP contribution in [0.1, 0.15) is 17.9 Å². The highest BCUT2D eigenvalue weighted by Gasteiger charge is 2.42. The van der Waals surface area contributed by atoms with Crippen LogP contribution in [0.15, 0.2) is 24.3 Å². The molecule has 0 aliphatic carbocycles. The Balaban J connectivity index is 2.22. The SMILES string of the molecule is O=C(CO)N1CCC(c2ccc(F)cc2)C(NC(=O)C(F)(F)F)C1. The molecule has 1 aromatic rings. The summed E-state index contributed by atoms with van der Waals surface area (Å²) in [6.07, 6.45) is -4.77. The third-order valence-corrected chi connectivity index (χ3v) is 3.97. The van der Waals surface area contributed by atoms with Crippen LogP contribution in [0.2, 0.25) is 0 Å². The molecule has 0 radical (unpaired) electrons. The van der Waals surface area contributed by atoms with Crippen LogP contribution in [0, 0.1) is 5.82 Å². The molecule has 2 amide bonds. The van der Waals surface area contributed by atoms with E-state index in [0.717, 1.165) is 0 Å². The number of rotatable bonds is 3. The molecule has 2 N–H and O–H groups in total. The number of aliphatic hydroxyl groups is 1. The van der Waals surface area contributed by atoms with Gasteiger partial charge in [0, 0.05) is 19.0 Å². The van der Waals surface area contributed by atoms with Gasteiger partial charge < -0.3 is 15.3 Å². The van der Waals surface area contributed by atoms with Crippen molar-refractivity contribution in [2.24, 2.45) is 0 Å². The standard InChI is InChI=1S/C15H16F4N2O3/c16-10-3-1-9(2-4-10)11-5-6-21(13(23)8-22)7-12(11)20-14(24)15(17,18)19/h1-4,11-12,22H,5-8H2,(H,20,24). The van der Waals surface area contributed by atoms with Crippen molar-refractivity contribution >= 4 is 11.8 Å². The van der Waals surface area contributed by atoms with E-state index >= 15 is 0 Å². The van der Waals surface area contributed by atoms with Gasteiger partial charge in [0.1, 0.15) is 12.4 Å². The van der Waals surface area contributed by atoms with Crippen molar-refractivity contribution in [2.75, 3.05) is 19.7 Å². The molecule has 1 saturated heterocycles. The van der Waals surface area contributed by atoms with Crippen molar-refractivity contribution in [1.29, 1.82) is 0 Å². The smallest absolute Gasteiger partial charge is 0.387 e. The molecule has 1 fully saturated rings. The highest BCUT2D eigenvalue weighted by atomic mass is 19.4. The lowest BCUT2D eigenvalue weighted by Crippen LogP contribution is -2.55. The van der Waals surface area contributed by atoms with Crippen molar-refractivity contribution in [3.63, 3.8) is 0 Å². The summed E-state index contributed by atoms with van der Waals surface area (Å²) in [6.45, 7) is -0.704. The molecule has 0 spiro atoms. The summed E-state index contributed by atoms with van der Waals surface area (Å²) < 4.78 is 50.6. The van der Waals surface area contributed by atoms with Crippen molar-refractivity contribution in [3.05, 3.63) is 35.6 Å². The summed E-state index contributed by atoms with van der Waals surface area (Å²) >= 11 is 0. The van der Waals surface area contributed by atoms with Gasteiger partial charge in [-0.3, -0.25) is 9.59 Å². The van der Waals surface area contributed by atoms with Crippen LogP contribution in [-0.4, -0.2) is 53.7 Å². The summed E-state index contributed by atoms with van der Waals surface area (Å²) in [6, 6.07) is 4.26. The average Bonchev–Trinajstić information content (AvgIpc) is 2.54. The minimum atomic E-state index is -5.05. The number of hydrogen-bond donors (Lipinski definition) is 2. The van der Waals surface area contributed by atoms with Crippen LogP contribution in [-0.2, 0) is 9.59 Å². The van der Waals surface area contributed by atoms with Gasteiger partial charge in [-0.05, 0) is 24.1 Å². The van der Waals surface area contributed by atoms with Gasteiger partial charge in [-0.25, -0.2) is 4.39 Å². The van der Waals surface area contributed by atoms with E-state index in [2.05, 4.69) is 0 Å². The van der Waals surface area contributed by atoms with Gasteiger partial charge in [-0.15, -0.1) is 0 Å². The second-order valence-corrected chi connectivity index (χ2v) is 5.52. The Morgan fingerprint density at radius 1 is 1.25 bits per heavy atom. The number of piperidine rings is 1. The van der Waals surface area contributed by atoms with Crippen LogP contribution in [0.3, 0.4) is 0 Å². The van der Waals surface area contributed by atoms with Gasteiger partial charge in [0.25, 0.3) is 0 Å². The third-order valence-electron chi connectivity index (χ3n) is 3.97. The first-order chi connectivity index (χ1) is 11.2. The highest BCUT2D eigenvalue weighted by molar-refractivity contribution is 5.82. The number of carbonyl (C=O) groups excluding carboxylic acids is 2. The predicted molar refractivity (Wildman–Crippen MR) is 75.4 cm³/mol. The quantitative estimate of drug-likeness (QED) is 0.806. The van der Waals surface area contributed by atoms with E-state index in [9.17, 15) is 27.2 Å². The van der Waals surface area contributed by atoms with E-state index in [1.165, 1.54) is 29.2 Å². The minimum Gasteiger partial charge on any atom is -0.387 e. The first-order valence-corrected chi connectivity index (χ1v) is 7.24. The lowest BCUT2D eigenvalue weighted by molar-refractivity contribution is -0.175. The third kappa shape index (κ3) is 4.22. The van der Waals surface area contributed by atoms with Crippen LogP contribution >= 0.6 is 0 Å². The second-order valence-electron chi connectivity index (χ2n) is 5.52. The Bertz CT molecular complexity index is 604. The fourth-order valence-corrected chi connectivity index (χ4v) is 2.78. The molecule has 24 heavy (non-hydrogen) atoms. The molecule has 0 aromatic heterocycles. The van der Waals surface area contributed by atoms with Crippen LogP contribution in [0.25, 0.3) is 0 Å². The molecule has 1 aliphatic rings. The summed E-state index contributed by atoms with van der Waals surface area (Å²) in [7, 11) is 0. The number of hydrogen-bond acceptors (Lipinski definition) is 3. The van der Waals surface area contributed by atoms with Crippen LogP contribution < -0.4 is 5.32 Å². The summed E-state index contributed by atoms with van der Waals surface area (Å²) in [4.78, 5) is 24.0. The molecule has 1 aromatic carbocycles. The molecular formula is C15H16F4N2O3. The molecule has 9 heteroatoms. The van der Waals surface area contributed by atoms with E-state index in [0.29, 0.717) is 5.56 Å². The number of halogens is 4. The van der Waals surface area contributed by atoms with Gasteiger partial charge in [-0.1, -0.05) is 12.1 Å². The van der Waals surface area contributed by atoms with Crippen LogP contribution in [0.4, 0.5) is 17.6 Å². The van der Waals surface area contributed by atoms with E-state index in [-0.39, 0.29) is 19.5 Å². The molecule has 2 rings (SSSR count). The first kappa shape index (κ1) is 18.2. The maximum absolute atomic E-state index is 13.0. The van der Waals surface area contributed by atoms with E-state index in [4.69, 9.17) is 5.11 Å². The number of alkyl halides is 3. The summed E-state index contributed by atoms with van der Waals surface area (Å²) in [5.41, 5.74) is 0.569. The molecule has 2 unspecified atom stereocenters. The second kappa shape index (κ2) is 7.16. The van der Waals surface area contributed by atoms with Crippen molar-refractivity contribution in [1.82, 2.24) is 10.2 Å². The van der Waals surface area contributed by atoms with Gasteiger partial charge in [-0.2, -0.15) is 13.2 Å². The lowest BCUT2D eigenvalue weighted by Gasteiger charge is -2.39. The Hall–Kier alpha value is -2.16. The van der Waals surface area contributed by atoms with Gasteiger partial charge in [0.15, 0.2) is 0 Å². The number of carbonyl (C=O) groups is 2. The zero-order valence-electron chi connectivity index (χ0n) is 12.5. The molecule has 0 saturated carbocycles. The number of nitrogens with zero attached hydrogens (tertiary/aromatic N) is 1. The van der Waals surface area contributed by atoms with Crippen molar-refractivity contribution in [2.45, 2.75) is 24.6 Å². The monoisotopic (exact) mass is 348 g/mol. The number of benzene rings is 1. The molecule has 1 heterocycles. The molecule has 5 nitrogen and oxygen atoms in total. The minimum absolute atomic E-state index is 0.163. The van der Waals surface area contributed by atoms with Crippen LogP contribution in [0.5, 0.6) is 0 Å². The Kier molecular flexibility index (Phi) is 5.43. The Morgan fingerprint density at radius 2 is 1.88 bits per heavy atom.